The first-order valence-electron chi connectivity index (χ1n) is 9.24. The van der Waals surface area contributed by atoms with Gasteiger partial charge in [0.2, 0.25) is 0 Å². The second-order valence-electron chi connectivity index (χ2n) is 6.97. The number of aryl methyl sites for hydroxylation is 2. The molecular formula is C22H17ClN2O2S. The van der Waals surface area contributed by atoms with E-state index in [1.807, 2.05) is 42.5 Å². The van der Waals surface area contributed by atoms with Gasteiger partial charge in [0.1, 0.15) is 4.83 Å². The van der Waals surface area contributed by atoms with Gasteiger partial charge in [-0.25, -0.2) is 9.36 Å². The highest BCUT2D eigenvalue weighted by Gasteiger charge is 2.25. The number of aromatic nitrogens is 2. The summed E-state index contributed by atoms with van der Waals surface area (Å²) in [4.78, 5) is 28.8. The quantitative estimate of drug-likeness (QED) is 0.504. The molecule has 0 unspecified atom stereocenters. The fourth-order valence-electron chi connectivity index (χ4n) is 3.95. The number of nitrogens with zero attached hydrogens (tertiary/aromatic N) is 2. The van der Waals surface area contributed by atoms with Gasteiger partial charge in [0, 0.05) is 9.90 Å². The molecule has 0 bridgehead atoms. The van der Waals surface area contributed by atoms with Crippen molar-refractivity contribution in [3.8, 4) is 5.69 Å². The molecule has 1 aliphatic carbocycles. The first kappa shape index (κ1) is 17.5. The number of rotatable bonds is 3. The molecule has 2 aromatic heterocycles. The largest absolute Gasteiger partial charge is 0.337 e. The van der Waals surface area contributed by atoms with Crippen molar-refractivity contribution in [3.63, 3.8) is 0 Å². The fourth-order valence-corrected chi connectivity index (χ4v) is 5.52. The Morgan fingerprint density at radius 2 is 1.71 bits per heavy atom. The molecule has 4 nitrogen and oxygen atoms in total. The predicted octanol–water partition coefficient (Wildman–Crippen LogP) is 4.40. The Labute approximate surface area is 170 Å². The lowest BCUT2D eigenvalue weighted by Gasteiger charge is -2.13. The van der Waals surface area contributed by atoms with Crippen LogP contribution in [0.5, 0.6) is 0 Å². The summed E-state index contributed by atoms with van der Waals surface area (Å²) in [6, 6.07) is 16.6. The van der Waals surface area contributed by atoms with Crippen molar-refractivity contribution >= 4 is 33.2 Å². The molecule has 0 fully saturated rings. The van der Waals surface area contributed by atoms with Crippen molar-refractivity contribution < 1.29 is 0 Å². The molecule has 2 heterocycles. The molecule has 0 amide bonds. The SMILES string of the molecule is O=c1c2c3c(sc2n(Cc2ccccc2Cl)c(=O)n1-c1ccccc1)CCC3. The van der Waals surface area contributed by atoms with Crippen molar-refractivity contribution in [1.82, 2.24) is 9.13 Å². The van der Waals surface area contributed by atoms with Crippen LogP contribution in [0.1, 0.15) is 22.4 Å². The van der Waals surface area contributed by atoms with Gasteiger partial charge in [-0.2, -0.15) is 0 Å². The molecular weight excluding hydrogens is 392 g/mol. The monoisotopic (exact) mass is 408 g/mol. The minimum absolute atomic E-state index is 0.221. The van der Waals surface area contributed by atoms with Crippen LogP contribution in [0.3, 0.4) is 0 Å². The molecule has 140 valence electrons. The number of fused-ring (bicyclic) bond motifs is 3. The van der Waals surface area contributed by atoms with E-state index in [2.05, 4.69) is 0 Å². The van der Waals surface area contributed by atoms with Crippen molar-refractivity contribution in [3.05, 3.63) is 96.5 Å². The van der Waals surface area contributed by atoms with E-state index in [0.717, 1.165) is 35.2 Å². The maximum absolute atomic E-state index is 13.4. The van der Waals surface area contributed by atoms with E-state index in [-0.39, 0.29) is 11.2 Å². The summed E-state index contributed by atoms with van der Waals surface area (Å²) in [5.41, 5.74) is 2.01. The summed E-state index contributed by atoms with van der Waals surface area (Å²) in [5.74, 6) is 0. The molecule has 2 aromatic carbocycles. The number of thiophene rings is 1. The van der Waals surface area contributed by atoms with Crippen LogP contribution in [0.25, 0.3) is 15.9 Å². The minimum atomic E-state index is -0.330. The van der Waals surface area contributed by atoms with Gasteiger partial charge in [-0.1, -0.05) is 48.0 Å². The highest BCUT2D eigenvalue weighted by molar-refractivity contribution is 7.18. The third-order valence-corrected chi connectivity index (χ3v) is 6.97. The van der Waals surface area contributed by atoms with E-state index in [9.17, 15) is 9.59 Å². The number of hydrogen-bond acceptors (Lipinski definition) is 3. The Hall–Kier alpha value is -2.63. The first-order chi connectivity index (χ1) is 13.6. The van der Waals surface area contributed by atoms with Crippen LogP contribution in [0, 0.1) is 0 Å². The molecule has 0 N–H and O–H groups in total. The Balaban J connectivity index is 1.85. The highest BCUT2D eigenvalue weighted by Crippen LogP contribution is 2.35. The van der Waals surface area contributed by atoms with Crippen molar-refractivity contribution in [2.24, 2.45) is 0 Å². The van der Waals surface area contributed by atoms with E-state index >= 15 is 0 Å². The molecule has 0 saturated carbocycles. The Kier molecular flexibility index (Phi) is 4.22. The van der Waals surface area contributed by atoms with Gasteiger partial charge in [-0.3, -0.25) is 9.36 Å². The molecule has 0 atom stereocenters. The maximum atomic E-state index is 13.4. The first-order valence-corrected chi connectivity index (χ1v) is 10.4. The molecule has 5 rings (SSSR count). The molecule has 28 heavy (non-hydrogen) atoms. The van der Waals surface area contributed by atoms with Crippen LogP contribution in [0.15, 0.2) is 64.2 Å². The zero-order valence-corrected chi connectivity index (χ0v) is 16.6. The fraction of sp³-hybridized carbons (Fsp3) is 0.182. The van der Waals surface area contributed by atoms with Gasteiger partial charge in [-0.05, 0) is 48.6 Å². The summed E-state index contributed by atoms with van der Waals surface area (Å²) < 4.78 is 3.00. The average Bonchev–Trinajstić information content (AvgIpc) is 3.28. The smallest absolute Gasteiger partial charge is 0.279 e. The van der Waals surface area contributed by atoms with Crippen LogP contribution < -0.4 is 11.2 Å². The summed E-state index contributed by atoms with van der Waals surface area (Å²) in [6.45, 7) is 0.335. The molecule has 4 aromatic rings. The van der Waals surface area contributed by atoms with Crippen LogP contribution in [-0.2, 0) is 19.4 Å². The van der Waals surface area contributed by atoms with Gasteiger partial charge < -0.3 is 0 Å². The van der Waals surface area contributed by atoms with Crippen molar-refractivity contribution in [2.75, 3.05) is 0 Å². The lowest BCUT2D eigenvalue weighted by Crippen LogP contribution is -2.39. The summed E-state index contributed by atoms with van der Waals surface area (Å²) in [6.07, 6.45) is 2.93. The number of halogens is 1. The number of para-hydroxylation sites is 1. The minimum Gasteiger partial charge on any atom is -0.279 e. The van der Waals surface area contributed by atoms with Gasteiger partial charge >= 0.3 is 5.69 Å². The van der Waals surface area contributed by atoms with E-state index in [0.29, 0.717) is 22.6 Å². The zero-order valence-electron chi connectivity index (χ0n) is 15.0. The van der Waals surface area contributed by atoms with Crippen molar-refractivity contribution in [2.45, 2.75) is 25.8 Å². The summed E-state index contributed by atoms with van der Waals surface area (Å²) in [7, 11) is 0. The van der Waals surface area contributed by atoms with Crippen LogP contribution in [0.4, 0.5) is 0 Å². The van der Waals surface area contributed by atoms with Crippen molar-refractivity contribution in [1.29, 1.82) is 0 Å². The molecule has 6 heteroatoms. The number of hydrogen-bond donors (Lipinski definition) is 0. The van der Waals surface area contributed by atoms with Gasteiger partial charge in [0.15, 0.2) is 0 Å². The van der Waals surface area contributed by atoms with Gasteiger partial charge in [0.05, 0.1) is 17.6 Å². The zero-order chi connectivity index (χ0) is 19.3. The standard InChI is InChI=1S/C22H17ClN2O2S/c23-17-11-5-4-7-14(17)13-24-21-19(16-10-6-12-18(16)28-21)20(26)25(22(24)27)15-8-2-1-3-9-15/h1-5,7-9,11H,6,10,12-13H2. The number of benzene rings is 2. The molecule has 0 saturated heterocycles. The second kappa shape index (κ2) is 6.76. The normalized spacial score (nSPS) is 13.2. The third kappa shape index (κ3) is 2.65. The lowest BCUT2D eigenvalue weighted by molar-refractivity contribution is 0.718. The van der Waals surface area contributed by atoms with Crippen LogP contribution in [-0.4, -0.2) is 9.13 Å². The Morgan fingerprint density at radius 1 is 0.964 bits per heavy atom. The van der Waals surface area contributed by atoms with Gasteiger partial charge in [-0.15, -0.1) is 11.3 Å². The van der Waals surface area contributed by atoms with E-state index in [1.165, 1.54) is 9.44 Å². The lowest BCUT2D eigenvalue weighted by atomic mass is 10.2. The highest BCUT2D eigenvalue weighted by atomic mass is 35.5. The maximum Gasteiger partial charge on any atom is 0.337 e. The molecule has 1 aliphatic rings. The van der Waals surface area contributed by atoms with Gasteiger partial charge in [0.25, 0.3) is 5.56 Å². The molecule has 0 aliphatic heterocycles. The van der Waals surface area contributed by atoms with Crippen LogP contribution >= 0.6 is 22.9 Å². The van der Waals surface area contributed by atoms with Crippen LogP contribution in [0.2, 0.25) is 5.02 Å². The predicted molar refractivity (Wildman–Crippen MR) is 114 cm³/mol. The van der Waals surface area contributed by atoms with E-state index in [1.54, 1.807) is 28.0 Å². The van der Waals surface area contributed by atoms with E-state index in [4.69, 9.17) is 11.6 Å². The molecule has 0 spiro atoms. The Morgan fingerprint density at radius 3 is 2.50 bits per heavy atom. The average molecular weight is 409 g/mol. The summed E-state index contributed by atoms with van der Waals surface area (Å²) >= 11 is 7.94. The second-order valence-corrected chi connectivity index (χ2v) is 8.46. The third-order valence-electron chi connectivity index (χ3n) is 5.29. The Bertz CT molecular complexity index is 1320. The topological polar surface area (TPSA) is 44.0 Å². The summed E-state index contributed by atoms with van der Waals surface area (Å²) in [5, 5.41) is 1.30. The van der Waals surface area contributed by atoms with E-state index < -0.39 is 0 Å². The molecule has 0 radical (unpaired) electrons.